The molecule has 2 amide bonds. The van der Waals surface area contributed by atoms with E-state index in [0.29, 0.717) is 49.9 Å². The van der Waals surface area contributed by atoms with Crippen LogP contribution >= 0.6 is 0 Å². The fourth-order valence-corrected chi connectivity index (χ4v) is 5.24. The molecule has 0 bridgehead atoms. The predicted molar refractivity (Wildman–Crippen MR) is 138 cm³/mol. The molecule has 3 aromatic heterocycles. The smallest absolute Gasteiger partial charge is 0.321 e. The summed E-state index contributed by atoms with van der Waals surface area (Å²) in [5.41, 5.74) is 3.47. The van der Waals surface area contributed by atoms with Crippen LogP contribution in [0.1, 0.15) is 20.3 Å². The van der Waals surface area contributed by atoms with Gasteiger partial charge in [-0.25, -0.2) is 23.7 Å². The molecular weight excluding hydrogens is 473 g/mol. The molecule has 2 saturated heterocycles. The zero-order valence-corrected chi connectivity index (χ0v) is 21.0. The normalized spacial score (nSPS) is 20.7. The van der Waals surface area contributed by atoms with Gasteiger partial charge in [0.1, 0.15) is 18.3 Å². The van der Waals surface area contributed by atoms with Crippen LogP contribution in [0.2, 0.25) is 0 Å². The zero-order valence-electron chi connectivity index (χ0n) is 21.0. The Hall–Kier alpha value is -3.86. The lowest BCUT2D eigenvalue weighted by atomic mass is 10.0. The number of benzene rings is 1. The Kier molecular flexibility index (Phi) is 6.07. The number of halogens is 1. The summed E-state index contributed by atoms with van der Waals surface area (Å²) in [5, 5.41) is 11.3. The molecule has 1 aromatic carbocycles. The van der Waals surface area contributed by atoms with Gasteiger partial charge in [0.05, 0.1) is 12.2 Å². The van der Waals surface area contributed by atoms with Crippen LogP contribution in [0.4, 0.5) is 15.0 Å². The molecule has 11 heteroatoms. The van der Waals surface area contributed by atoms with Crippen molar-refractivity contribution in [3.05, 3.63) is 49.1 Å². The van der Waals surface area contributed by atoms with Gasteiger partial charge in [-0.3, -0.25) is 14.9 Å². The highest BCUT2D eigenvalue weighted by Crippen LogP contribution is 2.31. The van der Waals surface area contributed by atoms with Gasteiger partial charge in [0.15, 0.2) is 11.5 Å². The highest BCUT2D eigenvalue weighted by atomic mass is 19.1. The van der Waals surface area contributed by atoms with Crippen molar-refractivity contribution in [1.29, 1.82) is 0 Å². The molecule has 0 radical (unpaired) electrons. The third-order valence-electron chi connectivity index (χ3n) is 7.37. The van der Waals surface area contributed by atoms with E-state index in [-0.39, 0.29) is 18.0 Å². The molecular formula is C26H30FN9O. The summed E-state index contributed by atoms with van der Waals surface area (Å²) < 4.78 is 15.3. The van der Waals surface area contributed by atoms with Crippen molar-refractivity contribution in [2.24, 2.45) is 5.92 Å². The first-order chi connectivity index (χ1) is 18.0. The van der Waals surface area contributed by atoms with E-state index < -0.39 is 6.17 Å². The van der Waals surface area contributed by atoms with Crippen molar-refractivity contribution in [2.45, 2.75) is 32.5 Å². The van der Waals surface area contributed by atoms with Gasteiger partial charge in [0, 0.05) is 50.0 Å². The maximum absolute atomic E-state index is 13.6. The second kappa shape index (κ2) is 9.55. The Morgan fingerprint density at radius 1 is 1.11 bits per heavy atom. The van der Waals surface area contributed by atoms with Crippen LogP contribution in [0.5, 0.6) is 0 Å². The predicted octanol–water partition coefficient (Wildman–Crippen LogP) is 3.49. The molecule has 6 rings (SSSR count). The number of rotatable bonds is 7. The van der Waals surface area contributed by atoms with Gasteiger partial charge >= 0.3 is 6.03 Å². The maximum atomic E-state index is 13.6. The van der Waals surface area contributed by atoms with E-state index in [0.717, 1.165) is 23.2 Å². The molecule has 2 atom stereocenters. The first-order valence-electron chi connectivity index (χ1n) is 12.7. The minimum Gasteiger partial charge on any atom is -0.321 e. The van der Waals surface area contributed by atoms with E-state index in [2.05, 4.69) is 39.0 Å². The van der Waals surface area contributed by atoms with Crippen molar-refractivity contribution in [3.63, 3.8) is 0 Å². The topological polar surface area (TPSA) is 98.5 Å². The van der Waals surface area contributed by atoms with E-state index in [1.165, 1.54) is 6.33 Å². The summed E-state index contributed by atoms with van der Waals surface area (Å²) >= 11 is 0. The average Bonchev–Trinajstić information content (AvgIpc) is 3.70. The number of nitrogens with one attached hydrogen (secondary N) is 1. The number of aromatic nitrogens is 6. The molecule has 192 valence electrons. The SMILES string of the molecule is CC(C)[C@H]1CN(CCN2CC[C@@H](F)C2)C(=O)N1c1ccn2ncc(-c3ccc(-c4ncn[nH]4)cc3)c2n1. The molecule has 2 fully saturated rings. The second-order valence-electron chi connectivity index (χ2n) is 10.1. The highest BCUT2D eigenvalue weighted by molar-refractivity contribution is 5.94. The summed E-state index contributed by atoms with van der Waals surface area (Å²) in [4.78, 5) is 28.5. The number of fused-ring (bicyclic) bond motifs is 1. The number of amides is 2. The third kappa shape index (κ3) is 4.43. The molecule has 0 spiro atoms. The number of alkyl halides is 1. The number of nitrogens with zero attached hydrogens (tertiary/aromatic N) is 8. The number of urea groups is 1. The number of carbonyl (C=O) groups is 1. The Bertz CT molecular complexity index is 1390. The van der Waals surface area contributed by atoms with E-state index >= 15 is 0 Å². The number of hydrogen-bond donors (Lipinski definition) is 1. The third-order valence-corrected chi connectivity index (χ3v) is 7.37. The van der Waals surface area contributed by atoms with Gasteiger partial charge in [-0.15, -0.1) is 0 Å². The van der Waals surface area contributed by atoms with Gasteiger partial charge in [0.25, 0.3) is 0 Å². The van der Waals surface area contributed by atoms with Crippen LogP contribution in [-0.4, -0.2) is 90.5 Å². The molecule has 2 aliphatic rings. The number of carbonyl (C=O) groups excluding carboxylic acids is 1. The Balaban J connectivity index is 1.27. The second-order valence-corrected chi connectivity index (χ2v) is 10.1. The van der Waals surface area contributed by atoms with E-state index in [1.807, 2.05) is 46.3 Å². The molecule has 0 unspecified atom stereocenters. The number of anilines is 1. The first kappa shape index (κ1) is 23.5. The quantitative estimate of drug-likeness (QED) is 0.415. The molecule has 2 aliphatic heterocycles. The minimum atomic E-state index is -0.756. The number of hydrogen-bond acceptors (Lipinski definition) is 6. The molecule has 0 saturated carbocycles. The molecule has 0 aliphatic carbocycles. The standard InChI is InChI=1S/C26H30FN9O/c1-17(2)22-15-34(12-11-33-9-7-20(27)14-33)26(37)36(22)23-8-10-35-25(31-23)21(13-30-35)18-3-5-19(6-4-18)24-28-16-29-32-24/h3-6,8,10,13,16-17,20,22H,7,9,11-12,14-15H2,1-2H3,(H,28,29,32)/t20-,22-/m1/s1. The fourth-order valence-electron chi connectivity index (χ4n) is 5.24. The summed E-state index contributed by atoms with van der Waals surface area (Å²) in [6.45, 7) is 7.37. The number of H-pyrrole nitrogens is 1. The number of aromatic amines is 1. The fraction of sp³-hybridized carbons (Fsp3) is 0.423. The van der Waals surface area contributed by atoms with Gasteiger partial charge < -0.3 is 4.90 Å². The van der Waals surface area contributed by atoms with Crippen molar-refractivity contribution < 1.29 is 9.18 Å². The Morgan fingerprint density at radius 2 is 1.92 bits per heavy atom. The van der Waals surface area contributed by atoms with E-state index in [1.54, 1.807) is 10.7 Å². The monoisotopic (exact) mass is 503 g/mol. The summed E-state index contributed by atoms with van der Waals surface area (Å²) in [6, 6.07) is 9.76. The van der Waals surface area contributed by atoms with Crippen LogP contribution in [0.15, 0.2) is 49.1 Å². The average molecular weight is 504 g/mol. The highest BCUT2D eigenvalue weighted by Gasteiger charge is 2.40. The van der Waals surface area contributed by atoms with Crippen molar-refractivity contribution in [3.8, 4) is 22.5 Å². The lowest BCUT2D eigenvalue weighted by Crippen LogP contribution is -2.39. The van der Waals surface area contributed by atoms with Gasteiger partial charge in [0.2, 0.25) is 0 Å². The van der Waals surface area contributed by atoms with Crippen LogP contribution in [-0.2, 0) is 0 Å². The van der Waals surface area contributed by atoms with E-state index in [4.69, 9.17) is 4.98 Å². The van der Waals surface area contributed by atoms with Crippen LogP contribution in [0.3, 0.4) is 0 Å². The summed E-state index contributed by atoms with van der Waals surface area (Å²) in [5.74, 6) is 1.57. The maximum Gasteiger partial charge on any atom is 0.326 e. The molecule has 37 heavy (non-hydrogen) atoms. The molecule has 5 heterocycles. The van der Waals surface area contributed by atoms with Crippen molar-refractivity contribution >= 4 is 17.5 Å². The van der Waals surface area contributed by atoms with Crippen LogP contribution in [0.25, 0.3) is 28.2 Å². The Morgan fingerprint density at radius 3 is 2.62 bits per heavy atom. The zero-order chi connectivity index (χ0) is 25.5. The van der Waals surface area contributed by atoms with Gasteiger partial charge in [-0.1, -0.05) is 38.1 Å². The summed E-state index contributed by atoms with van der Waals surface area (Å²) in [6.07, 6.45) is 4.95. The summed E-state index contributed by atoms with van der Waals surface area (Å²) in [7, 11) is 0. The largest absolute Gasteiger partial charge is 0.326 e. The van der Waals surface area contributed by atoms with E-state index in [9.17, 15) is 9.18 Å². The Labute approximate surface area is 214 Å². The number of likely N-dealkylation sites (tertiary alicyclic amines) is 1. The lowest BCUT2D eigenvalue weighted by Gasteiger charge is -2.25. The molecule has 4 aromatic rings. The minimum absolute atomic E-state index is 0.00233. The van der Waals surface area contributed by atoms with Crippen LogP contribution < -0.4 is 4.90 Å². The van der Waals surface area contributed by atoms with Crippen molar-refractivity contribution in [1.82, 2.24) is 39.6 Å². The molecule has 10 nitrogen and oxygen atoms in total. The molecule has 1 N–H and O–H groups in total. The van der Waals surface area contributed by atoms with Crippen molar-refractivity contribution in [2.75, 3.05) is 37.6 Å². The van der Waals surface area contributed by atoms with Crippen LogP contribution in [0, 0.1) is 5.92 Å². The van der Waals surface area contributed by atoms with Gasteiger partial charge in [-0.05, 0) is 24.0 Å². The lowest BCUT2D eigenvalue weighted by molar-refractivity contribution is 0.207. The first-order valence-corrected chi connectivity index (χ1v) is 12.7. The van der Waals surface area contributed by atoms with Gasteiger partial charge in [-0.2, -0.15) is 10.2 Å².